The van der Waals surface area contributed by atoms with Crippen LogP contribution in [0.15, 0.2) is 12.1 Å². The van der Waals surface area contributed by atoms with Crippen molar-refractivity contribution in [3.8, 4) is 0 Å². The summed E-state index contributed by atoms with van der Waals surface area (Å²) in [5.74, 6) is 0. The standard InChI is InChI=1S/C12H18ClN3O4/c1-2-14-10-8-11(15(3-5-17)4-6-18)9(13)7-12(10)16(19)20/h7-8,14,17-18H,2-6H2,1H3. The van der Waals surface area contributed by atoms with Gasteiger partial charge in [-0.3, -0.25) is 10.1 Å². The second-order valence-electron chi connectivity index (χ2n) is 4.04. The quantitative estimate of drug-likeness (QED) is 0.497. The fourth-order valence-corrected chi connectivity index (χ4v) is 2.15. The molecule has 8 heteroatoms. The van der Waals surface area contributed by atoms with E-state index < -0.39 is 4.92 Å². The monoisotopic (exact) mass is 303 g/mol. The SMILES string of the molecule is CCNc1cc(N(CCO)CCO)c(Cl)cc1[N+](=O)[O-]. The molecule has 0 bridgehead atoms. The topological polar surface area (TPSA) is 98.9 Å². The summed E-state index contributed by atoms with van der Waals surface area (Å²) < 4.78 is 0. The van der Waals surface area contributed by atoms with Gasteiger partial charge in [0.1, 0.15) is 5.69 Å². The zero-order valence-electron chi connectivity index (χ0n) is 11.2. The van der Waals surface area contributed by atoms with Crippen molar-refractivity contribution < 1.29 is 15.1 Å². The highest BCUT2D eigenvalue weighted by Gasteiger charge is 2.19. The van der Waals surface area contributed by atoms with Crippen molar-refractivity contribution >= 4 is 28.7 Å². The summed E-state index contributed by atoms with van der Waals surface area (Å²) in [7, 11) is 0. The predicted octanol–water partition coefficient (Wildman–Crippen LogP) is 1.47. The first-order chi connectivity index (χ1) is 9.54. The molecule has 1 aromatic rings. The number of aliphatic hydroxyl groups is 2. The van der Waals surface area contributed by atoms with Crippen LogP contribution < -0.4 is 10.2 Å². The van der Waals surface area contributed by atoms with Gasteiger partial charge in [0.2, 0.25) is 0 Å². The first-order valence-corrected chi connectivity index (χ1v) is 6.61. The van der Waals surface area contributed by atoms with E-state index in [4.69, 9.17) is 21.8 Å². The van der Waals surface area contributed by atoms with Crippen LogP contribution in [0.2, 0.25) is 5.02 Å². The molecule has 0 aliphatic carbocycles. The van der Waals surface area contributed by atoms with Crippen LogP contribution in [0.25, 0.3) is 0 Å². The molecule has 7 nitrogen and oxygen atoms in total. The van der Waals surface area contributed by atoms with Crippen LogP contribution in [0.1, 0.15) is 6.92 Å². The summed E-state index contributed by atoms with van der Waals surface area (Å²) >= 11 is 6.07. The minimum atomic E-state index is -0.504. The van der Waals surface area contributed by atoms with Crippen molar-refractivity contribution in [1.29, 1.82) is 0 Å². The van der Waals surface area contributed by atoms with Gasteiger partial charge in [-0.05, 0) is 13.0 Å². The van der Waals surface area contributed by atoms with Crippen molar-refractivity contribution in [2.45, 2.75) is 6.92 Å². The Kier molecular flexibility index (Phi) is 6.50. The maximum atomic E-state index is 11.0. The summed E-state index contributed by atoms with van der Waals surface area (Å²) in [6.07, 6.45) is 0. The van der Waals surface area contributed by atoms with Crippen molar-refractivity contribution in [1.82, 2.24) is 0 Å². The molecule has 0 amide bonds. The number of aliphatic hydroxyl groups excluding tert-OH is 2. The Morgan fingerprint density at radius 2 is 1.95 bits per heavy atom. The summed E-state index contributed by atoms with van der Waals surface area (Å²) in [6, 6.07) is 2.84. The van der Waals surface area contributed by atoms with E-state index in [1.54, 1.807) is 11.0 Å². The van der Waals surface area contributed by atoms with E-state index in [1.165, 1.54) is 6.07 Å². The van der Waals surface area contributed by atoms with Gasteiger partial charge in [0, 0.05) is 25.7 Å². The molecule has 0 fully saturated rings. The normalized spacial score (nSPS) is 10.4. The largest absolute Gasteiger partial charge is 0.395 e. The lowest BCUT2D eigenvalue weighted by Crippen LogP contribution is -2.30. The first-order valence-electron chi connectivity index (χ1n) is 6.23. The van der Waals surface area contributed by atoms with Crippen LogP contribution >= 0.6 is 11.6 Å². The van der Waals surface area contributed by atoms with E-state index in [0.29, 0.717) is 17.9 Å². The zero-order chi connectivity index (χ0) is 15.1. The van der Waals surface area contributed by atoms with Crippen LogP contribution in [0, 0.1) is 10.1 Å². The number of anilines is 2. The van der Waals surface area contributed by atoms with Gasteiger partial charge in [0.15, 0.2) is 0 Å². The maximum Gasteiger partial charge on any atom is 0.293 e. The molecule has 0 aliphatic rings. The van der Waals surface area contributed by atoms with Gasteiger partial charge in [0.25, 0.3) is 5.69 Å². The Hall–Kier alpha value is -1.57. The van der Waals surface area contributed by atoms with Crippen molar-refractivity contribution in [2.24, 2.45) is 0 Å². The minimum Gasteiger partial charge on any atom is -0.395 e. The second-order valence-corrected chi connectivity index (χ2v) is 4.45. The smallest absolute Gasteiger partial charge is 0.293 e. The van der Waals surface area contributed by atoms with Crippen LogP contribution in [0.5, 0.6) is 0 Å². The molecule has 0 heterocycles. The summed E-state index contributed by atoms with van der Waals surface area (Å²) in [6.45, 7) is 2.71. The lowest BCUT2D eigenvalue weighted by atomic mass is 10.2. The summed E-state index contributed by atoms with van der Waals surface area (Å²) in [5.41, 5.74) is 0.794. The Morgan fingerprint density at radius 1 is 1.35 bits per heavy atom. The lowest BCUT2D eigenvalue weighted by molar-refractivity contribution is -0.383. The van der Waals surface area contributed by atoms with Crippen LogP contribution in [-0.4, -0.2) is 48.0 Å². The van der Waals surface area contributed by atoms with Gasteiger partial charge in [-0.15, -0.1) is 0 Å². The Labute approximate surface area is 121 Å². The van der Waals surface area contributed by atoms with Gasteiger partial charge < -0.3 is 20.4 Å². The molecule has 0 aliphatic heterocycles. The van der Waals surface area contributed by atoms with Crippen molar-refractivity contribution in [3.63, 3.8) is 0 Å². The molecule has 3 N–H and O–H groups in total. The average molecular weight is 304 g/mol. The zero-order valence-corrected chi connectivity index (χ0v) is 11.9. The molecule has 0 saturated carbocycles. The third-order valence-electron chi connectivity index (χ3n) is 2.71. The average Bonchev–Trinajstić information content (AvgIpc) is 2.40. The molecule has 0 radical (unpaired) electrons. The van der Waals surface area contributed by atoms with E-state index in [9.17, 15) is 10.1 Å². The number of hydrogen-bond acceptors (Lipinski definition) is 6. The molecule has 0 atom stereocenters. The fourth-order valence-electron chi connectivity index (χ4n) is 1.87. The Bertz CT molecular complexity index is 464. The van der Waals surface area contributed by atoms with E-state index in [2.05, 4.69) is 5.32 Å². The van der Waals surface area contributed by atoms with Crippen LogP contribution in [0.4, 0.5) is 17.1 Å². The molecular formula is C12H18ClN3O4. The molecule has 1 rings (SSSR count). The number of nitro groups is 1. The van der Waals surface area contributed by atoms with Gasteiger partial charge >= 0.3 is 0 Å². The molecule has 0 saturated heterocycles. The van der Waals surface area contributed by atoms with Crippen LogP contribution in [0.3, 0.4) is 0 Å². The van der Waals surface area contributed by atoms with E-state index in [-0.39, 0.29) is 37.0 Å². The molecule has 112 valence electrons. The Balaban J connectivity index is 3.24. The van der Waals surface area contributed by atoms with E-state index >= 15 is 0 Å². The van der Waals surface area contributed by atoms with Gasteiger partial charge in [-0.25, -0.2) is 0 Å². The highest BCUT2D eigenvalue weighted by atomic mass is 35.5. The molecule has 0 aromatic heterocycles. The minimum absolute atomic E-state index is 0.103. The number of nitrogens with zero attached hydrogens (tertiary/aromatic N) is 2. The highest BCUT2D eigenvalue weighted by molar-refractivity contribution is 6.33. The number of hydrogen-bond donors (Lipinski definition) is 3. The molecule has 20 heavy (non-hydrogen) atoms. The number of rotatable bonds is 8. The highest BCUT2D eigenvalue weighted by Crippen LogP contribution is 2.36. The maximum absolute atomic E-state index is 11.0. The van der Waals surface area contributed by atoms with Crippen molar-refractivity contribution in [2.75, 3.05) is 43.1 Å². The number of nitrogens with one attached hydrogen (secondary N) is 1. The van der Waals surface area contributed by atoms with Gasteiger partial charge in [-0.2, -0.15) is 0 Å². The fraction of sp³-hybridized carbons (Fsp3) is 0.500. The summed E-state index contributed by atoms with van der Waals surface area (Å²) in [5, 5.41) is 32.2. The Morgan fingerprint density at radius 3 is 2.40 bits per heavy atom. The van der Waals surface area contributed by atoms with E-state index in [1.807, 2.05) is 6.92 Å². The number of halogens is 1. The lowest BCUT2D eigenvalue weighted by Gasteiger charge is -2.24. The molecule has 1 aromatic carbocycles. The molecule has 0 spiro atoms. The van der Waals surface area contributed by atoms with Gasteiger partial charge in [0.05, 0.1) is 28.8 Å². The van der Waals surface area contributed by atoms with Crippen molar-refractivity contribution in [3.05, 3.63) is 27.3 Å². The van der Waals surface area contributed by atoms with Gasteiger partial charge in [-0.1, -0.05) is 11.6 Å². The number of benzene rings is 1. The second kappa shape index (κ2) is 7.88. The van der Waals surface area contributed by atoms with E-state index in [0.717, 1.165) is 0 Å². The van der Waals surface area contributed by atoms with Crippen LogP contribution in [-0.2, 0) is 0 Å². The predicted molar refractivity (Wildman–Crippen MR) is 78.7 cm³/mol. The third kappa shape index (κ3) is 3.96. The molecule has 0 unspecified atom stereocenters. The summed E-state index contributed by atoms with van der Waals surface area (Å²) in [4.78, 5) is 12.2. The number of nitro benzene ring substituents is 1. The third-order valence-corrected chi connectivity index (χ3v) is 3.01. The first kappa shape index (κ1) is 16.5. The molecular weight excluding hydrogens is 286 g/mol.